The van der Waals surface area contributed by atoms with Gasteiger partial charge in [-0.25, -0.2) is 0 Å². The van der Waals surface area contributed by atoms with Crippen molar-refractivity contribution in [2.45, 2.75) is 6.92 Å². The molecule has 0 amide bonds. The molecule has 0 atom stereocenters. The maximum absolute atomic E-state index is 6.03. The maximum atomic E-state index is 6.03. The van der Waals surface area contributed by atoms with Gasteiger partial charge < -0.3 is 0 Å². The molecule has 0 spiro atoms. The molecule has 0 radical (unpaired) electrons. The Balaban J connectivity index is 2.96. The molecule has 0 bridgehead atoms. The van der Waals surface area contributed by atoms with Crippen LogP contribution in [0.25, 0.3) is 0 Å². The van der Waals surface area contributed by atoms with Gasteiger partial charge in [0.2, 0.25) is 0 Å². The Morgan fingerprint density at radius 3 is 2.50 bits per heavy atom. The number of aryl methyl sites for hydroxylation is 1. The van der Waals surface area contributed by atoms with Crippen LogP contribution in [0.3, 0.4) is 0 Å². The van der Waals surface area contributed by atoms with Crippen molar-refractivity contribution in [2.24, 2.45) is 0 Å². The average Bonchev–Trinajstić information content (AvgIpc) is 1.88. The first-order chi connectivity index (χ1) is 4.70. The molecule has 0 saturated carbocycles. The van der Waals surface area contributed by atoms with Gasteiger partial charge in [-0.15, -0.1) is 0 Å². The van der Waals surface area contributed by atoms with Crippen molar-refractivity contribution in [2.75, 3.05) is 4.93 Å². The number of hydrogen-bond acceptors (Lipinski definition) is 0. The first-order valence-electron chi connectivity index (χ1n) is 3.03. The fourth-order valence-electron chi connectivity index (χ4n) is 0.768. The quantitative estimate of drug-likeness (QED) is 0.540. The summed E-state index contributed by atoms with van der Waals surface area (Å²) in [5.74, 6) is 0. The molecule has 0 aliphatic heterocycles. The van der Waals surface area contributed by atoms with E-state index in [4.69, 9.17) is 8.91 Å². The van der Waals surface area contributed by atoms with Crippen molar-refractivity contribution in [3.63, 3.8) is 0 Å². The Kier molecular flexibility index (Phi) is 2.98. The summed E-state index contributed by atoms with van der Waals surface area (Å²) < 4.78 is 1.35. The molecular formula is C8H10ClI. The van der Waals surface area contributed by atoms with Crippen LogP contribution in [0.5, 0.6) is 0 Å². The second-order valence-corrected chi connectivity index (χ2v) is 8.62. The molecule has 2 heteroatoms. The summed E-state index contributed by atoms with van der Waals surface area (Å²) >= 11 is -1.24. The molecule has 1 aromatic carbocycles. The van der Waals surface area contributed by atoms with Crippen LogP contribution in [0.2, 0.25) is 0 Å². The van der Waals surface area contributed by atoms with Crippen LogP contribution in [0.15, 0.2) is 24.3 Å². The van der Waals surface area contributed by atoms with E-state index in [0.717, 1.165) is 0 Å². The van der Waals surface area contributed by atoms with Crippen LogP contribution in [0.1, 0.15) is 5.56 Å². The molecule has 1 aromatic rings. The summed E-state index contributed by atoms with van der Waals surface area (Å²) in [6, 6.07) is 8.46. The van der Waals surface area contributed by atoms with Crippen molar-refractivity contribution in [3.8, 4) is 0 Å². The second kappa shape index (κ2) is 3.58. The van der Waals surface area contributed by atoms with Crippen molar-refractivity contribution >= 4 is 27.6 Å². The molecule has 0 nitrogen and oxygen atoms in total. The van der Waals surface area contributed by atoms with Gasteiger partial charge in [0.15, 0.2) is 0 Å². The van der Waals surface area contributed by atoms with Crippen LogP contribution < -0.4 is 0 Å². The molecule has 10 heavy (non-hydrogen) atoms. The summed E-state index contributed by atoms with van der Waals surface area (Å²) in [7, 11) is 6.03. The van der Waals surface area contributed by atoms with Gasteiger partial charge in [-0.3, -0.25) is 0 Å². The Morgan fingerprint density at radius 2 is 2.10 bits per heavy atom. The zero-order valence-electron chi connectivity index (χ0n) is 6.07. The molecule has 0 aliphatic rings. The predicted molar refractivity (Wildman–Crippen MR) is 55.7 cm³/mol. The topological polar surface area (TPSA) is 0 Å². The molecule has 0 aromatic heterocycles. The standard InChI is InChI=1S/C8H10ClI/c1-7-4-3-5-8(6-7)10(2)9/h3-6H,1-2H3. The SMILES string of the molecule is Cc1cccc(I(C)Cl)c1. The molecule has 56 valence electrons. The zero-order valence-corrected chi connectivity index (χ0v) is 8.98. The summed E-state index contributed by atoms with van der Waals surface area (Å²) in [5.41, 5.74) is 1.31. The van der Waals surface area contributed by atoms with E-state index < -0.39 is 18.7 Å². The number of benzene rings is 1. The van der Waals surface area contributed by atoms with Gasteiger partial charge in [0.1, 0.15) is 0 Å². The number of alkyl halides is 1. The van der Waals surface area contributed by atoms with E-state index in [1.54, 1.807) is 0 Å². The first-order valence-corrected chi connectivity index (χ1v) is 9.00. The van der Waals surface area contributed by atoms with E-state index in [9.17, 15) is 0 Å². The number of halogens is 2. The molecule has 1 rings (SSSR count). The minimum atomic E-state index is -1.24. The van der Waals surface area contributed by atoms with Gasteiger partial charge in [0, 0.05) is 0 Å². The van der Waals surface area contributed by atoms with Gasteiger partial charge in [0.05, 0.1) is 0 Å². The van der Waals surface area contributed by atoms with Crippen molar-refractivity contribution in [1.82, 2.24) is 0 Å². The third-order valence-electron chi connectivity index (χ3n) is 1.28. The molecule has 0 N–H and O–H groups in total. The molecule has 0 aliphatic carbocycles. The van der Waals surface area contributed by atoms with Gasteiger partial charge in [-0.2, -0.15) is 0 Å². The summed E-state index contributed by atoms with van der Waals surface area (Å²) in [5, 5.41) is 0. The first kappa shape index (κ1) is 8.34. The molecule has 0 saturated heterocycles. The van der Waals surface area contributed by atoms with Crippen LogP contribution in [-0.2, 0) is 0 Å². The fourth-order valence-corrected chi connectivity index (χ4v) is 2.99. The third-order valence-corrected chi connectivity index (χ3v) is 4.77. The summed E-state index contributed by atoms with van der Waals surface area (Å²) in [6.45, 7) is 2.10. The van der Waals surface area contributed by atoms with Crippen LogP contribution in [0.4, 0.5) is 0 Å². The molecule has 0 unspecified atom stereocenters. The van der Waals surface area contributed by atoms with E-state index in [-0.39, 0.29) is 0 Å². The van der Waals surface area contributed by atoms with Crippen LogP contribution in [-0.4, -0.2) is 4.93 Å². The third kappa shape index (κ3) is 2.13. The Bertz CT molecular complexity index is 220. The average molecular weight is 269 g/mol. The van der Waals surface area contributed by atoms with E-state index in [1.807, 2.05) is 0 Å². The van der Waals surface area contributed by atoms with Gasteiger partial charge in [-0.05, 0) is 0 Å². The normalized spacial score (nSPS) is 11.3. The number of hydrogen-bond donors (Lipinski definition) is 0. The zero-order chi connectivity index (χ0) is 7.56. The van der Waals surface area contributed by atoms with Crippen molar-refractivity contribution in [3.05, 3.63) is 33.4 Å². The molecule has 0 fully saturated rings. The molecule has 0 heterocycles. The van der Waals surface area contributed by atoms with Crippen molar-refractivity contribution in [1.29, 1.82) is 0 Å². The van der Waals surface area contributed by atoms with Gasteiger partial charge >= 0.3 is 72.9 Å². The Hall–Kier alpha value is 0.240. The predicted octanol–water partition coefficient (Wildman–Crippen LogP) is 3.45. The van der Waals surface area contributed by atoms with E-state index in [0.29, 0.717) is 0 Å². The minimum absolute atomic E-state index is 1.24. The van der Waals surface area contributed by atoms with Gasteiger partial charge in [-0.1, -0.05) is 0 Å². The van der Waals surface area contributed by atoms with Gasteiger partial charge in [0.25, 0.3) is 0 Å². The fraction of sp³-hybridized carbons (Fsp3) is 0.250. The van der Waals surface area contributed by atoms with E-state index >= 15 is 0 Å². The monoisotopic (exact) mass is 268 g/mol. The summed E-state index contributed by atoms with van der Waals surface area (Å²) in [4.78, 5) is 2.14. The number of rotatable bonds is 1. The Morgan fingerprint density at radius 1 is 1.40 bits per heavy atom. The molecular weight excluding hydrogens is 258 g/mol. The van der Waals surface area contributed by atoms with E-state index in [1.165, 1.54) is 9.13 Å². The van der Waals surface area contributed by atoms with E-state index in [2.05, 4.69) is 36.1 Å². The van der Waals surface area contributed by atoms with Crippen molar-refractivity contribution < 1.29 is 0 Å². The Labute approximate surface area is 72.7 Å². The van der Waals surface area contributed by atoms with Crippen LogP contribution in [0, 0.1) is 10.5 Å². The van der Waals surface area contributed by atoms with Crippen LogP contribution >= 0.6 is 27.6 Å². The second-order valence-electron chi connectivity index (χ2n) is 2.20. The summed E-state index contributed by atoms with van der Waals surface area (Å²) in [6.07, 6.45) is 0.